The van der Waals surface area contributed by atoms with Crippen LogP contribution in [0, 0.1) is 11.7 Å². The molecule has 3 N–H and O–H groups in total. The van der Waals surface area contributed by atoms with Crippen molar-refractivity contribution in [2.24, 2.45) is 13.0 Å². The van der Waals surface area contributed by atoms with E-state index < -0.39 is 30.0 Å². The topological polar surface area (TPSA) is 133 Å². The molecule has 2 aromatic rings. The number of methoxy groups -OCH3 is 1. The van der Waals surface area contributed by atoms with Crippen LogP contribution >= 0.6 is 0 Å². The summed E-state index contributed by atoms with van der Waals surface area (Å²) in [5.74, 6) is -3.41. The summed E-state index contributed by atoms with van der Waals surface area (Å²) < 4.78 is 52.8. The number of ether oxygens (including phenoxy) is 1. The molecule has 1 aromatic heterocycles. The number of amides is 3. The van der Waals surface area contributed by atoms with Gasteiger partial charge in [0.1, 0.15) is 11.7 Å². The molecule has 0 bridgehead atoms. The number of nitrogens with zero attached hydrogens (tertiary/aromatic N) is 3. The second-order valence-corrected chi connectivity index (χ2v) is 11.5. The van der Waals surface area contributed by atoms with Crippen molar-refractivity contribution in [3.63, 3.8) is 0 Å². The maximum absolute atomic E-state index is 14.2. The van der Waals surface area contributed by atoms with E-state index in [2.05, 4.69) is 10.6 Å². The number of piperazine rings is 1. The van der Waals surface area contributed by atoms with Crippen molar-refractivity contribution in [2.45, 2.75) is 70.3 Å². The van der Waals surface area contributed by atoms with Gasteiger partial charge < -0.3 is 34.8 Å². The molecule has 1 aliphatic heterocycles. The predicted octanol–water partition coefficient (Wildman–Crippen LogP) is 3.31. The molecule has 0 spiro atoms. The highest BCUT2D eigenvalue weighted by Crippen LogP contribution is 2.30. The summed E-state index contributed by atoms with van der Waals surface area (Å²) in [4.78, 5) is 52.5. The highest BCUT2D eigenvalue weighted by Gasteiger charge is 2.39. The summed E-state index contributed by atoms with van der Waals surface area (Å²) in [5, 5.41) is 13.7. The standard InChI is InChI=1S/C28H40FN5O4.C2HF3O2/c1-17-16-33(27(36)23-14-20-13-21(29)24(38-5)15-22(20)32(23)4)11-12-34(17)28(37)25(19-9-7-6-8-10-19)31-26(35)18(2)30-3;3-2(4,5)1(6)7/h13-15,17-19,25,30H,6-12,16H2,1-5H3,(H,31,35);(H,6,7)/t17-,18?,25?;/m1./s1. The van der Waals surface area contributed by atoms with Crippen LogP contribution in [0.4, 0.5) is 17.6 Å². The number of carboxylic acids is 1. The highest BCUT2D eigenvalue weighted by atomic mass is 19.4. The average molecular weight is 644 g/mol. The van der Waals surface area contributed by atoms with Gasteiger partial charge in [-0.3, -0.25) is 14.4 Å². The minimum atomic E-state index is -5.08. The Morgan fingerprint density at radius 3 is 2.22 bits per heavy atom. The number of hydrogen-bond acceptors (Lipinski definition) is 6. The fourth-order valence-electron chi connectivity index (χ4n) is 5.77. The Hall–Kier alpha value is -3.88. The summed E-state index contributed by atoms with van der Waals surface area (Å²) in [6, 6.07) is 3.49. The van der Waals surface area contributed by atoms with E-state index in [1.54, 1.807) is 42.6 Å². The molecule has 1 aliphatic carbocycles. The first kappa shape index (κ1) is 35.6. The van der Waals surface area contributed by atoms with Gasteiger partial charge in [-0.15, -0.1) is 0 Å². The number of rotatable bonds is 7. The zero-order valence-corrected chi connectivity index (χ0v) is 26.0. The number of carbonyl (C=O) groups excluding carboxylic acids is 3. The van der Waals surface area contributed by atoms with Crippen molar-refractivity contribution in [1.82, 2.24) is 25.0 Å². The van der Waals surface area contributed by atoms with E-state index in [1.807, 2.05) is 11.8 Å². The maximum atomic E-state index is 14.2. The lowest BCUT2D eigenvalue weighted by Crippen LogP contribution is -2.62. The van der Waals surface area contributed by atoms with Crippen LogP contribution < -0.4 is 15.4 Å². The van der Waals surface area contributed by atoms with Gasteiger partial charge in [-0.05, 0) is 51.8 Å². The second kappa shape index (κ2) is 14.9. The first-order valence-corrected chi connectivity index (χ1v) is 14.8. The SMILES string of the molecule is CNC(C)C(=O)NC(C(=O)N1CCN(C(=O)c2cc3cc(F)c(OC)cc3n2C)C[C@H]1C)C1CCCCC1.O=C(O)C(F)(F)F. The average Bonchev–Trinajstić information content (AvgIpc) is 3.32. The molecule has 4 rings (SSSR count). The van der Waals surface area contributed by atoms with Gasteiger partial charge in [-0.25, -0.2) is 9.18 Å². The summed E-state index contributed by atoms with van der Waals surface area (Å²) in [7, 11) is 4.91. The van der Waals surface area contributed by atoms with E-state index in [9.17, 15) is 31.9 Å². The van der Waals surface area contributed by atoms with Gasteiger partial charge in [0.25, 0.3) is 5.91 Å². The number of benzene rings is 1. The maximum Gasteiger partial charge on any atom is 0.490 e. The van der Waals surface area contributed by atoms with Crippen molar-refractivity contribution in [1.29, 1.82) is 0 Å². The number of halogens is 4. The monoisotopic (exact) mass is 643 g/mol. The van der Waals surface area contributed by atoms with Gasteiger partial charge in [0.05, 0.1) is 18.7 Å². The normalized spacial score (nSPS) is 18.9. The molecule has 250 valence electrons. The lowest BCUT2D eigenvalue weighted by atomic mass is 9.83. The van der Waals surface area contributed by atoms with Crippen molar-refractivity contribution in [2.75, 3.05) is 33.8 Å². The molecule has 1 saturated heterocycles. The minimum absolute atomic E-state index is 0.0691. The lowest BCUT2D eigenvalue weighted by Gasteiger charge is -2.43. The van der Waals surface area contributed by atoms with Crippen LogP contribution in [0.25, 0.3) is 10.9 Å². The number of aryl methyl sites for hydroxylation is 1. The number of carboxylic acid groups (broad SMARTS) is 1. The van der Waals surface area contributed by atoms with Crippen molar-refractivity contribution >= 4 is 34.6 Å². The fraction of sp³-hybridized carbons (Fsp3) is 0.600. The Balaban J connectivity index is 0.000000707. The Morgan fingerprint density at radius 1 is 1.07 bits per heavy atom. The summed E-state index contributed by atoms with van der Waals surface area (Å²) in [6.45, 7) is 4.87. The third kappa shape index (κ3) is 8.44. The van der Waals surface area contributed by atoms with E-state index in [4.69, 9.17) is 14.6 Å². The van der Waals surface area contributed by atoms with E-state index in [0.29, 0.717) is 36.2 Å². The number of hydrogen-bond donors (Lipinski definition) is 3. The van der Waals surface area contributed by atoms with Crippen LogP contribution in [-0.2, 0) is 21.4 Å². The fourth-order valence-corrected chi connectivity index (χ4v) is 5.77. The molecule has 1 aromatic carbocycles. The molecule has 15 heteroatoms. The summed E-state index contributed by atoms with van der Waals surface area (Å²) in [5.41, 5.74) is 1.16. The highest BCUT2D eigenvalue weighted by molar-refractivity contribution is 5.99. The molecule has 2 aliphatic rings. The van der Waals surface area contributed by atoms with Crippen LogP contribution in [0.1, 0.15) is 56.4 Å². The largest absolute Gasteiger partial charge is 0.494 e. The Kier molecular flexibility index (Phi) is 11.8. The molecule has 11 nitrogen and oxygen atoms in total. The van der Waals surface area contributed by atoms with Gasteiger partial charge in [0.15, 0.2) is 11.6 Å². The molecular formula is C30H41F4N5O6. The van der Waals surface area contributed by atoms with E-state index >= 15 is 0 Å². The molecule has 3 atom stereocenters. The molecule has 2 heterocycles. The number of carbonyl (C=O) groups is 4. The van der Waals surface area contributed by atoms with Crippen molar-refractivity contribution in [3.8, 4) is 5.75 Å². The molecule has 0 radical (unpaired) electrons. The van der Waals surface area contributed by atoms with Gasteiger partial charge in [0, 0.05) is 44.2 Å². The predicted molar refractivity (Wildman–Crippen MR) is 157 cm³/mol. The molecule has 3 amide bonds. The first-order chi connectivity index (χ1) is 21.1. The summed E-state index contributed by atoms with van der Waals surface area (Å²) in [6.07, 6.45) is 0.0336. The molecule has 2 unspecified atom stereocenters. The smallest absolute Gasteiger partial charge is 0.490 e. The zero-order valence-electron chi connectivity index (χ0n) is 26.0. The third-order valence-electron chi connectivity index (χ3n) is 8.49. The number of nitrogens with one attached hydrogen (secondary N) is 2. The van der Waals surface area contributed by atoms with Gasteiger partial charge in [-0.2, -0.15) is 13.2 Å². The van der Waals surface area contributed by atoms with Gasteiger partial charge in [0.2, 0.25) is 11.8 Å². The van der Waals surface area contributed by atoms with Gasteiger partial charge in [-0.1, -0.05) is 19.3 Å². The zero-order chi connectivity index (χ0) is 33.6. The second-order valence-electron chi connectivity index (χ2n) is 11.5. The minimum Gasteiger partial charge on any atom is -0.494 e. The third-order valence-corrected chi connectivity index (χ3v) is 8.49. The number of aromatic nitrogens is 1. The van der Waals surface area contributed by atoms with Crippen molar-refractivity contribution < 1.29 is 46.6 Å². The first-order valence-electron chi connectivity index (χ1n) is 14.8. The van der Waals surface area contributed by atoms with E-state index in [0.717, 1.165) is 32.1 Å². The van der Waals surface area contributed by atoms with Crippen molar-refractivity contribution in [3.05, 3.63) is 29.7 Å². The molecular weight excluding hydrogens is 602 g/mol. The van der Waals surface area contributed by atoms with Crippen LogP contribution in [0.5, 0.6) is 5.75 Å². The molecule has 2 fully saturated rings. The summed E-state index contributed by atoms with van der Waals surface area (Å²) >= 11 is 0. The van der Waals surface area contributed by atoms with E-state index in [1.165, 1.54) is 13.2 Å². The molecule has 1 saturated carbocycles. The Labute approximate surface area is 258 Å². The number of likely N-dealkylation sites (N-methyl/N-ethyl adjacent to an activating group) is 1. The quantitative estimate of drug-likeness (QED) is 0.395. The lowest BCUT2D eigenvalue weighted by molar-refractivity contribution is -0.192. The molecule has 45 heavy (non-hydrogen) atoms. The van der Waals surface area contributed by atoms with E-state index in [-0.39, 0.29) is 35.4 Å². The van der Waals surface area contributed by atoms with Crippen LogP contribution in [-0.4, -0.2) is 101 Å². The number of aliphatic carboxylic acids is 1. The van der Waals surface area contributed by atoms with Crippen LogP contribution in [0.3, 0.4) is 0 Å². The van der Waals surface area contributed by atoms with Crippen LogP contribution in [0.2, 0.25) is 0 Å². The number of fused-ring (bicyclic) bond motifs is 1. The Bertz CT molecular complexity index is 1390. The van der Waals surface area contributed by atoms with Gasteiger partial charge >= 0.3 is 12.1 Å². The Morgan fingerprint density at radius 2 is 1.69 bits per heavy atom. The number of alkyl halides is 3. The van der Waals surface area contributed by atoms with Crippen LogP contribution in [0.15, 0.2) is 18.2 Å².